The second-order valence-electron chi connectivity index (χ2n) is 6.45. The Hall–Kier alpha value is -1.13. The van der Waals surface area contributed by atoms with Crippen LogP contribution in [0.25, 0.3) is 0 Å². The van der Waals surface area contributed by atoms with E-state index in [-0.39, 0.29) is 0 Å². The second kappa shape index (κ2) is 6.75. The van der Waals surface area contributed by atoms with Crippen molar-refractivity contribution in [2.24, 2.45) is 5.73 Å². The number of nitrogens with zero attached hydrogens (tertiary/aromatic N) is 3. The Balaban J connectivity index is 1.64. The van der Waals surface area contributed by atoms with Crippen molar-refractivity contribution in [1.29, 1.82) is 0 Å². The topological polar surface area (TPSA) is 45.4 Å². The lowest BCUT2D eigenvalue weighted by atomic mass is 9.99. The van der Waals surface area contributed by atoms with Gasteiger partial charge >= 0.3 is 0 Å². The van der Waals surface area contributed by atoms with E-state index in [2.05, 4.69) is 27.8 Å². The SMILES string of the molecule is Cc1ccnc(N2CCC(N3CCCCC3)CC2)c1CN. The van der Waals surface area contributed by atoms with Crippen molar-refractivity contribution < 1.29 is 0 Å². The minimum Gasteiger partial charge on any atom is -0.356 e. The summed E-state index contributed by atoms with van der Waals surface area (Å²) < 4.78 is 0. The third-order valence-corrected chi connectivity index (χ3v) is 5.14. The largest absolute Gasteiger partial charge is 0.356 e. The van der Waals surface area contributed by atoms with Gasteiger partial charge in [0.2, 0.25) is 0 Å². The van der Waals surface area contributed by atoms with Crippen molar-refractivity contribution >= 4 is 5.82 Å². The highest BCUT2D eigenvalue weighted by Crippen LogP contribution is 2.26. The van der Waals surface area contributed by atoms with Crippen molar-refractivity contribution in [2.45, 2.75) is 51.6 Å². The first-order valence-corrected chi connectivity index (χ1v) is 8.43. The third kappa shape index (κ3) is 3.22. The number of hydrogen-bond donors (Lipinski definition) is 1. The van der Waals surface area contributed by atoms with E-state index in [0.29, 0.717) is 6.54 Å². The number of aryl methyl sites for hydroxylation is 1. The highest BCUT2D eigenvalue weighted by molar-refractivity contribution is 5.50. The van der Waals surface area contributed by atoms with Crippen molar-refractivity contribution in [2.75, 3.05) is 31.1 Å². The molecule has 2 aliphatic heterocycles. The molecule has 0 radical (unpaired) electrons. The van der Waals surface area contributed by atoms with E-state index in [9.17, 15) is 0 Å². The van der Waals surface area contributed by atoms with Gasteiger partial charge in [-0.1, -0.05) is 6.42 Å². The molecule has 0 atom stereocenters. The normalized spacial score (nSPS) is 21.7. The van der Waals surface area contributed by atoms with Crippen molar-refractivity contribution in [3.8, 4) is 0 Å². The maximum atomic E-state index is 5.93. The monoisotopic (exact) mass is 288 g/mol. The maximum Gasteiger partial charge on any atom is 0.133 e. The minimum atomic E-state index is 0.584. The standard InChI is InChI=1S/C17H28N4/c1-14-5-8-19-17(16(14)13-18)21-11-6-15(7-12-21)20-9-3-2-4-10-20/h5,8,15H,2-4,6-7,9-13,18H2,1H3. The lowest BCUT2D eigenvalue weighted by Crippen LogP contribution is -2.47. The van der Waals surface area contributed by atoms with Gasteiger partial charge in [0.15, 0.2) is 0 Å². The van der Waals surface area contributed by atoms with E-state index in [0.717, 1.165) is 24.9 Å². The molecule has 2 fully saturated rings. The fourth-order valence-corrected chi connectivity index (χ4v) is 3.83. The first kappa shape index (κ1) is 14.8. The van der Waals surface area contributed by atoms with Gasteiger partial charge < -0.3 is 15.5 Å². The van der Waals surface area contributed by atoms with Crippen molar-refractivity contribution in [3.63, 3.8) is 0 Å². The number of rotatable bonds is 3. The lowest BCUT2D eigenvalue weighted by Gasteiger charge is -2.41. The van der Waals surface area contributed by atoms with Gasteiger partial charge in [-0.25, -0.2) is 4.98 Å². The average Bonchev–Trinajstić information content (AvgIpc) is 2.55. The van der Waals surface area contributed by atoms with Crippen LogP contribution in [0.1, 0.15) is 43.2 Å². The van der Waals surface area contributed by atoms with E-state index in [4.69, 9.17) is 5.73 Å². The molecule has 3 heterocycles. The Labute approximate surface area is 128 Å². The Kier molecular flexibility index (Phi) is 4.76. The number of nitrogens with two attached hydrogens (primary N) is 1. The fourth-order valence-electron chi connectivity index (χ4n) is 3.83. The van der Waals surface area contributed by atoms with Crippen molar-refractivity contribution in [1.82, 2.24) is 9.88 Å². The lowest BCUT2D eigenvalue weighted by molar-refractivity contribution is 0.141. The highest BCUT2D eigenvalue weighted by atomic mass is 15.2. The number of piperidine rings is 2. The summed E-state index contributed by atoms with van der Waals surface area (Å²) in [4.78, 5) is 9.76. The number of aromatic nitrogens is 1. The molecule has 0 spiro atoms. The van der Waals surface area contributed by atoms with Crippen LogP contribution in [0.4, 0.5) is 5.82 Å². The first-order chi connectivity index (χ1) is 10.3. The molecule has 0 aliphatic carbocycles. The zero-order valence-electron chi connectivity index (χ0n) is 13.2. The summed E-state index contributed by atoms with van der Waals surface area (Å²) in [6.45, 7) is 7.56. The Morgan fingerprint density at radius 2 is 1.86 bits per heavy atom. The van der Waals surface area contributed by atoms with E-state index >= 15 is 0 Å². The maximum absolute atomic E-state index is 5.93. The number of likely N-dealkylation sites (tertiary alicyclic amines) is 1. The zero-order chi connectivity index (χ0) is 14.7. The third-order valence-electron chi connectivity index (χ3n) is 5.14. The Bertz CT molecular complexity index is 460. The van der Waals surface area contributed by atoms with Gasteiger partial charge in [0.25, 0.3) is 0 Å². The molecule has 0 unspecified atom stereocenters. The van der Waals surface area contributed by atoms with E-state index in [1.165, 1.54) is 56.3 Å². The fraction of sp³-hybridized carbons (Fsp3) is 0.706. The van der Waals surface area contributed by atoms with Gasteiger partial charge in [0, 0.05) is 37.4 Å². The van der Waals surface area contributed by atoms with Gasteiger partial charge in [0.05, 0.1) is 0 Å². The second-order valence-corrected chi connectivity index (χ2v) is 6.45. The van der Waals surface area contributed by atoms with E-state index in [1.54, 1.807) is 0 Å². The highest BCUT2D eigenvalue weighted by Gasteiger charge is 2.26. The van der Waals surface area contributed by atoms with Crippen LogP contribution in [0, 0.1) is 6.92 Å². The molecule has 4 nitrogen and oxygen atoms in total. The predicted molar refractivity (Wildman–Crippen MR) is 87.5 cm³/mol. The van der Waals surface area contributed by atoms with Crippen LogP contribution in [0.3, 0.4) is 0 Å². The molecule has 0 bridgehead atoms. The van der Waals surface area contributed by atoms with Crippen LogP contribution < -0.4 is 10.6 Å². The zero-order valence-corrected chi connectivity index (χ0v) is 13.2. The minimum absolute atomic E-state index is 0.584. The molecule has 116 valence electrons. The van der Waals surface area contributed by atoms with Crippen LogP contribution >= 0.6 is 0 Å². The molecule has 3 rings (SSSR count). The summed E-state index contributed by atoms with van der Waals surface area (Å²) in [5.74, 6) is 1.12. The smallest absolute Gasteiger partial charge is 0.133 e. The van der Waals surface area contributed by atoms with Crippen LogP contribution in [0.2, 0.25) is 0 Å². The summed E-state index contributed by atoms with van der Waals surface area (Å²) in [6.07, 6.45) is 8.64. The van der Waals surface area contributed by atoms with Crippen LogP contribution in [0.15, 0.2) is 12.3 Å². The van der Waals surface area contributed by atoms with Gasteiger partial charge in [-0.2, -0.15) is 0 Å². The predicted octanol–water partition coefficient (Wildman–Crippen LogP) is 2.30. The first-order valence-electron chi connectivity index (χ1n) is 8.43. The van der Waals surface area contributed by atoms with Crippen molar-refractivity contribution in [3.05, 3.63) is 23.4 Å². The average molecular weight is 288 g/mol. The number of hydrogen-bond acceptors (Lipinski definition) is 4. The van der Waals surface area contributed by atoms with Gasteiger partial charge in [-0.15, -0.1) is 0 Å². The quantitative estimate of drug-likeness (QED) is 0.927. The summed E-state index contributed by atoms with van der Waals surface area (Å²) in [5.41, 5.74) is 8.41. The molecule has 21 heavy (non-hydrogen) atoms. The van der Waals surface area contributed by atoms with E-state index < -0.39 is 0 Å². The molecule has 0 saturated carbocycles. The molecule has 1 aromatic rings. The number of anilines is 1. The summed E-state index contributed by atoms with van der Waals surface area (Å²) in [6, 6.07) is 2.85. The molecule has 2 N–H and O–H groups in total. The van der Waals surface area contributed by atoms with Crippen LogP contribution in [-0.4, -0.2) is 42.1 Å². The molecule has 0 aromatic carbocycles. The van der Waals surface area contributed by atoms with Gasteiger partial charge in [-0.05, 0) is 57.3 Å². The summed E-state index contributed by atoms with van der Waals surface area (Å²) >= 11 is 0. The summed E-state index contributed by atoms with van der Waals surface area (Å²) in [5, 5.41) is 0. The molecular formula is C17H28N4. The molecule has 2 saturated heterocycles. The van der Waals surface area contributed by atoms with Gasteiger partial charge in [0.1, 0.15) is 5.82 Å². The number of pyridine rings is 1. The molecule has 1 aromatic heterocycles. The summed E-state index contributed by atoms with van der Waals surface area (Å²) in [7, 11) is 0. The molecule has 2 aliphatic rings. The Morgan fingerprint density at radius 3 is 2.52 bits per heavy atom. The molecular weight excluding hydrogens is 260 g/mol. The van der Waals surface area contributed by atoms with Gasteiger partial charge in [-0.3, -0.25) is 0 Å². The van der Waals surface area contributed by atoms with Crippen LogP contribution in [-0.2, 0) is 6.54 Å². The molecule has 4 heteroatoms. The van der Waals surface area contributed by atoms with Crippen LogP contribution in [0.5, 0.6) is 0 Å². The van der Waals surface area contributed by atoms with E-state index in [1.807, 2.05) is 6.20 Å². The Morgan fingerprint density at radius 1 is 1.14 bits per heavy atom. The molecule has 0 amide bonds.